The highest BCUT2D eigenvalue weighted by Gasteiger charge is 2.18. The summed E-state index contributed by atoms with van der Waals surface area (Å²) < 4.78 is 9.08. The molecular formula is C12H15NO5. The third-order valence-electron chi connectivity index (χ3n) is 2.26. The molecule has 0 aliphatic rings. The number of methoxy groups -OCH3 is 2. The molecule has 0 unspecified atom stereocenters. The average Bonchev–Trinajstić information content (AvgIpc) is 2.36. The Hall–Kier alpha value is -2.24. The third-order valence-corrected chi connectivity index (χ3v) is 2.26. The topological polar surface area (TPSA) is 76.1 Å². The van der Waals surface area contributed by atoms with Gasteiger partial charge in [-0.2, -0.15) is 0 Å². The summed E-state index contributed by atoms with van der Waals surface area (Å²) in [5.74, 6) is -0.448. The fourth-order valence-corrected chi connectivity index (χ4v) is 1.41. The molecule has 0 aliphatic heterocycles. The van der Waals surface area contributed by atoms with Gasteiger partial charge in [0.1, 0.15) is 12.3 Å². The second kappa shape index (κ2) is 6.48. The van der Waals surface area contributed by atoms with Gasteiger partial charge in [-0.25, -0.2) is 4.79 Å². The number of carbonyl (C=O) groups is 2. The molecule has 6 heteroatoms. The molecule has 1 N–H and O–H groups in total. The minimum atomic E-state index is -0.635. The van der Waals surface area contributed by atoms with Gasteiger partial charge in [0.15, 0.2) is 0 Å². The van der Waals surface area contributed by atoms with E-state index in [2.05, 4.69) is 9.47 Å². The van der Waals surface area contributed by atoms with Crippen molar-refractivity contribution in [2.24, 2.45) is 0 Å². The first-order valence-corrected chi connectivity index (χ1v) is 5.24. The molecule has 98 valence electrons. The lowest BCUT2D eigenvalue weighted by atomic mass is 10.2. The molecule has 18 heavy (non-hydrogen) atoms. The first kappa shape index (κ1) is 13.8. The van der Waals surface area contributed by atoms with Gasteiger partial charge in [0.2, 0.25) is 0 Å². The van der Waals surface area contributed by atoms with Crippen LogP contribution in [0.1, 0.15) is 5.56 Å². The minimum Gasteiger partial charge on any atom is -0.508 e. The molecule has 0 saturated carbocycles. The number of hydrogen-bond donors (Lipinski definition) is 1. The lowest BCUT2D eigenvalue weighted by molar-refractivity contribution is -0.141. The van der Waals surface area contributed by atoms with Gasteiger partial charge in [0.25, 0.3) is 0 Å². The Bertz CT molecular complexity index is 432. The molecule has 0 atom stereocenters. The van der Waals surface area contributed by atoms with Gasteiger partial charge in [0.05, 0.1) is 14.2 Å². The fraction of sp³-hybridized carbons (Fsp3) is 0.333. The summed E-state index contributed by atoms with van der Waals surface area (Å²) >= 11 is 0. The predicted octanol–water partition coefficient (Wildman–Crippen LogP) is 1.13. The summed E-state index contributed by atoms with van der Waals surface area (Å²) in [4.78, 5) is 23.8. The van der Waals surface area contributed by atoms with Crippen LogP contribution in [0.3, 0.4) is 0 Å². The van der Waals surface area contributed by atoms with Crippen LogP contribution in [0, 0.1) is 0 Å². The molecule has 1 amide bonds. The quantitative estimate of drug-likeness (QED) is 0.814. The van der Waals surface area contributed by atoms with Crippen molar-refractivity contribution in [2.45, 2.75) is 6.54 Å². The molecule has 6 nitrogen and oxygen atoms in total. The lowest BCUT2D eigenvalue weighted by Gasteiger charge is -2.19. The van der Waals surface area contributed by atoms with E-state index in [-0.39, 0.29) is 18.8 Å². The second-order valence-electron chi connectivity index (χ2n) is 3.57. The van der Waals surface area contributed by atoms with Crippen molar-refractivity contribution >= 4 is 12.1 Å². The van der Waals surface area contributed by atoms with Crippen molar-refractivity contribution in [1.82, 2.24) is 4.90 Å². The van der Waals surface area contributed by atoms with E-state index in [1.165, 1.54) is 31.3 Å². The van der Waals surface area contributed by atoms with Gasteiger partial charge in [-0.3, -0.25) is 9.69 Å². The van der Waals surface area contributed by atoms with Crippen LogP contribution in [0.2, 0.25) is 0 Å². The highest BCUT2D eigenvalue weighted by Crippen LogP contribution is 2.13. The fourth-order valence-electron chi connectivity index (χ4n) is 1.41. The van der Waals surface area contributed by atoms with Gasteiger partial charge in [-0.15, -0.1) is 0 Å². The van der Waals surface area contributed by atoms with E-state index in [0.717, 1.165) is 0 Å². The average molecular weight is 253 g/mol. The Morgan fingerprint density at radius 1 is 1.28 bits per heavy atom. The number of phenols is 1. The summed E-state index contributed by atoms with van der Waals surface area (Å²) in [5.41, 5.74) is 0.685. The van der Waals surface area contributed by atoms with Crippen molar-refractivity contribution in [3.8, 4) is 5.75 Å². The SMILES string of the molecule is COC(=O)CN(Cc1cccc(O)c1)C(=O)OC. The smallest absolute Gasteiger partial charge is 0.410 e. The van der Waals surface area contributed by atoms with Crippen molar-refractivity contribution in [2.75, 3.05) is 20.8 Å². The second-order valence-corrected chi connectivity index (χ2v) is 3.57. The van der Waals surface area contributed by atoms with Gasteiger partial charge in [-0.05, 0) is 17.7 Å². The Morgan fingerprint density at radius 2 is 2.00 bits per heavy atom. The molecule has 0 radical (unpaired) electrons. The minimum absolute atomic E-state index is 0.0929. The number of nitrogens with zero attached hydrogens (tertiary/aromatic N) is 1. The molecule has 1 aromatic carbocycles. The number of esters is 1. The summed E-state index contributed by atoms with van der Waals surface area (Å²) in [6.45, 7) is -0.0605. The first-order valence-electron chi connectivity index (χ1n) is 5.24. The Kier molecular flexibility index (Phi) is 4.98. The standard InChI is InChI=1S/C12H15NO5/c1-17-11(15)8-13(12(16)18-2)7-9-4-3-5-10(14)6-9/h3-6,14H,7-8H2,1-2H3. The normalized spacial score (nSPS) is 9.67. The van der Waals surface area contributed by atoms with Gasteiger partial charge in [-0.1, -0.05) is 12.1 Å². The van der Waals surface area contributed by atoms with E-state index in [0.29, 0.717) is 5.56 Å². The number of aromatic hydroxyl groups is 1. The van der Waals surface area contributed by atoms with Crippen molar-refractivity contribution in [3.63, 3.8) is 0 Å². The highest BCUT2D eigenvalue weighted by molar-refractivity contribution is 5.77. The van der Waals surface area contributed by atoms with E-state index in [4.69, 9.17) is 0 Å². The van der Waals surface area contributed by atoms with E-state index >= 15 is 0 Å². The van der Waals surface area contributed by atoms with Gasteiger partial charge >= 0.3 is 12.1 Å². The summed E-state index contributed by atoms with van der Waals surface area (Å²) in [6.07, 6.45) is -0.635. The number of benzene rings is 1. The maximum atomic E-state index is 11.5. The van der Waals surface area contributed by atoms with Crippen molar-refractivity contribution < 1.29 is 24.2 Å². The number of phenolic OH excluding ortho intramolecular Hbond substituents is 1. The first-order chi connectivity index (χ1) is 8.56. The molecule has 1 rings (SSSR count). The molecule has 1 aromatic rings. The van der Waals surface area contributed by atoms with Crippen LogP contribution in [0.5, 0.6) is 5.75 Å². The molecule has 0 saturated heterocycles. The monoisotopic (exact) mass is 253 g/mol. The van der Waals surface area contributed by atoms with E-state index < -0.39 is 12.1 Å². The molecular weight excluding hydrogens is 238 g/mol. The van der Waals surface area contributed by atoms with Crippen LogP contribution in [0.25, 0.3) is 0 Å². The maximum absolute atomic E-state index is 11.5. The zero-order chi connectivity index (χ0) is 13.5. The number of carbonyl (C=O) groups excluding carboxylic acids is 2. The van der Waals surface area contributed by atoms with Crippen LogP contribution in [0.4, 0.5) is 4.79 Å². The number of amides is 1. The predicted molar refractivity (Wildman–Crippen MR) is 62.9 cm³/mol. The summed E-state index contributed by atoms with van der Waals surface area (Å²) in [7, 11) is 2.47. The van der Waals surface area contributed by atoms with E-state index in [9.17, 15) is 14.7 Å². The Balaban J connectivity index is 2.78. The Labute approximate surface area is 105 Å². The highest BCUT2D eigenvalue weighted by atomic mass is 16.5. The van der Waals surface area contributed by atoms with Crippen LogP contribution >= 0.6 is 0 Å². The van der Waals surface area contributed by atoms with Gasteiger partial charge in [0, 0.05) is 6.54 Å². The van der Waals surface area contributed by atoms with Gasteiger partial charge < -0.3 is 14.6 Å². The van der Waals surface area contributed by atoms with Crippen LogP contribution in [-0.2, 0) is 20.8 Å². The molecule has 0 fully saturated rings. The van der Waals surface area contributed by atoms with E-state index in [1.807, 2.05) is 0 Å². The zero-order valence-corrected chi connectivity index (χ0v) is 10.3. The largest absolute Gasteiger partial charge is 0.508 e. The zero-order valence-electron chi connectivity index (χ0n) is 10.3. The van der Waals surface area contributed by atoms with Crippen molar-refractivity contribution in [3.05, 3.63) is 29.8 Å². The molecule has 0 heterocycles. The van der Waals surface area contributed by atoms with Crippen LogP contribution in [0.15, 0.2) is 24.3 Å². The van der Waals surface area contributed by atoms with Crippen molar-refractivity contribution in [1.29, 1.82) is 0 Å². The van der Waals surface area contributed by atoms with Crippen LogP contribution in [-0.4, -0.2) is 42.8 Å². The number of ether oxygens (including phenoxy) is 2. The summed E-state index contributed by atoms with van der Waals surface area (Å²) in [6, 6.07) is 6.41. The van der Waals surface area contributed by atoms with E-state index in [1.54, 1.807) is 12.1 Å². The lowest BCUT2D eigenvalue weighted by Crippen LogP contribution is -2.35. The maximum Gasteiger partial charge on any atom is 0.410 e. The number of rotatable bonds is 4. The molecule has 0 spiro atoms. The Morgan fingerprint density at radius 3 is 2.56 bits per heavy atom. The van der Waals surface area contributed by atoms with Crippen LogP contribution < -0.4 is 0 Å². The molecule has 0 bridgehead atoms. The number of hydrogen-bond acceptors (Lipinski definition) is 5. The molecule has 0 aliphatic carbocycles. The third kappa shape index (κ3) is 3.97. The molecule has 0 aromatic heterocycles. The summed E-state index contributed by atoms with van der Waals surface area (Å²) in [5, 5.41) is 9.32.